The van der Waals surface area contributed by atoms with Crippen molar-refractivity contribution < 1.29 is 0 Å². The van der Waals surface area contributed by atoms with E-state index in [1.807, 2.05) is 0 Å². The summed E-state index contributed by atoms with van der Waals surface area (Å²) in [5.41, 5.74) is 1.43. The normalized spacial score (nSPS) is 14.4. The first kappa shape index (κ1) is 11.3. The van der Waals surface area contributed by atoms with Crippen molar-refractivity contribution in [3.63, 3.8) is 0 Å². The van der Waals surface area contributed by atoms with Crippen LogP contribution in [0.25, 0.3) is 0 Å². The van der Waals surface area contributed by atoms with Gasteiger partial charge >= 0.3 is 0 Å². The quantitative estimate of drug-likeness (QED) is 0.442. The van der Waals surface area contributed by atoms with Crippen LogP contribution in [0.3, 0.4) is 0 Å². The van der Waals surface area contributed by atoms with Crippen molar-refractivity contribution in [2.45, 2.75) is 40.0 Å². The molecule has 0 aromatic heterocycles. The molecule has 0 radical (unpaired) electrons. The van der Waals surface area contributed by atoms with Crippen molar-refractivity contribution in [2.75, 3.05) is 6.54 Å². The Bertz CT molecular complexity index is 152. The van der Waals surface area contributed by atoms with Crippen LogP contribution >= 0.6 is 0 Å². The number of rotatable bonds is 6. The van der Waals surface area contributed by atoms with Crippen LogP contribution in [-0.2, 0) is 0 Å². The van der Waals surface area contributed by atoms with Gasteiger partial charge in [-0.25, -0.2) is 0 Å². The number of hydrogen-bond donors (Lipinski definition) is 0. The van der Waals surface area contributed by atoms with Crippen LogP contribution in [0.1, 0.15) is 40.0 Å². The van der Waals surface area contributed by atoms with E-state index in [0.717, 1.165) is 19.3 Å². The molecule has 1 unspecified atom stereocenters. The molecule has 0 saturated carbocycles. The van der Waals surface area contributed by atoms with Gasteiger partial charge in [-0.05, 0) is 32.1 Å². The molecule has 0 N–H and O–H groups in total. The number of hydrogen-bond acceptors (Lipinski definition) is 2. The van der Waals surface area contributed by atoms with E-state index in [9.17, 15) is 4.91 Å². The van der Waals surface area contributed by atoms with Gasteiger partial charge in [0.05, 0.1) is 6.54 Å². The van der Waals surface area contributed by atoms with E-state index in [4.69, 9.17) is 0 Å². The van der Waals surface area contributed by atoms with Gasteiger partial charge in [0.1, 0.15) is 0 Å². The highest BCUT2D eigenvalue weighted by Gasteiger charge is 2.01. The smallest absolute Gasteiger partial charge is 0.0813 e. The fourth-order valence-electron chi connectivity index (χ4n) is 1.36. The monoisotopic (exact) mass is 169 g/mol. The van der Waals surface area contributed by atoms with Gasteiger partial charge in [-0.3, -0.25) is 0 Å². The zero-order valence-electron chi connectivity index (χ0n) is 8.34. The topological polar surface area (TPSA) is 29.4 Å². The van der Waals surface area contributed by atoms with Crippen LogP contribution < -0.4 is 0 Å². The number of nitroso groups, excluding NO2 is 1. The van der Waals surface area contributed by atoms with Crippen molar-refractivity contribution in [1.82, 2.24) is 0 Å². The van der Waals surface area contributed by atoms with Gasteiger partial charge in [-0.2, -0.15) is 4.91 Å². The van der Waals surface area contributed by atoms with E-state index < -0.39 is 0 Å². The highest BCUT2D eigenvalue weighted by atomic mass is 16.3. The summed E-state index contributed by atoms with van der Waals surface area (Å²) in [7, 11) is 0. The van der Waals surface area contributed by atoms with E-state index in [2.05, 4.69) is 32.0 Å². The molecule has 0 amide bonds. The molecular formula is C10H19NO. The molecule has 0 bridgehead atoms. The molecule has 0 aliphatic heterocycles. The summed E-state index contributed by atoms with van der Waals surface area (Å²) in [6, 6.07) is 0. The molecule has 2 nitrogen and oxygen atoms in total. The first-order valence-electron chi connectivity index (χ1n) is 4.65. The second kappa shape index (κ2) is 7.01. The van der Waals surface area contributed by atoms with Crippen LogP contribution in [0.2, 0.25) is 0 Å². The van der Waals surface area contributed by atoms with Gasteiger partial charge in [0.15, 0.2) is 0 Å². The Kier molecular flexibility index (Phi) is 6.63. The van der Waals surface area contributed by atoms with Gasteiger partial charge in [0.25, 0.3) is 0 Å². The predicted octanol–water partition coefficient (Wildman–Crippen LogP) is 3.53. The van der Waals surface area contributed by atoms with Crippen LogP contribution in [0.15, 0.2) is 16.8 Å². The van der Waals surface area contributed by atoms with Crippen molar-refractivity contribution >= 4 is 0 Å². The molecule has 2 heteroatoms. The standard InChI is InChI=1S/C10H19NO/c1-4-5-9(2)8-10(3)6-7-11-12/h5,10H,4,6-8H2,1-3H3. The zero-order chi connectivity index (χ0) is 9.40. The molecule has 0 rings (SSSR count). The maximum absolute atomic E-state index is 9.86. The second-order valence-electron chi connectivity index (χ2n) is 3.41. The summed E-state index contributed by atoms with van der Waals surface area (Å²) >= 11 is 0. The Morgan fingerprint density at radius 1 is 1.58 bits per heavy atom. The minimum atomic E-state index is 0.459. The Labute approximate surface area is 75.0 Å². The largest absolute Gasteiger partial charge is 0.151 e. The van der Waals surface area contributed by atoms with Gasteiger partial charge in [-0.15, -0.1) is 0 Å². The fourth-order valence-corrected chi connectivity index (χ4v) is 1.36. The van der Waals surface area contributed by atoms with Crippen LogP contribution in [0.5, 0.6) is 0 Å². The maximum Gasteiger partial charge on any atom is 0.0813 e. The molecule has 1 atom stereocenters. The first-order valence-corrected chi connectivity index (χ1v) is 4.65. The number of nitrogens with zero attached hydrogens (tertiary/aromatic N) is 1. The summed E-state index contributed by atoms with van der Waals surface area (Å²) in [6.45, 7) is 6.91. The summed E-state index contributed by atoms with van der Waals surface area (Å²) in [6.07, 6.45) is 5.36. The molecule has 0 heterocycles. The molecule has 0 aromatic carbocycles. The lowest BCUT2D eigenvalue weighted by atomic mass is 9.98. The average Bonchev–Trinajstić information content (AvgIpc) is 2.01. The fraction of sp³-hybridized carbons (Fsp3) is 0.800. The van der Waals surface area contributed by atoms with Crippen LogP contribution in [-0.4, -0.2) is 6.54 Å². The minimum absolute atomic E-state index is 0.459. The molecule has 0 aromatic rings. The Morgan fingerprint density at radius 2 is 2.25 bits per heavy atom. The summed E-state index contributed by atoms with van der Waals surface area (Å²) in [5, 5.41) is 2.86. The summed E-state index contributed by atoms with van der Waals surface area (Å²) < 4.78 is 0. The van der Waals surface area contributed by atoms with Crippen molar-refractivity contribution in [3.8, 4) is 0 Å². The zero-order valence-corrected chi connectivity index (χ0v) is 8.34. The van der Waals surface area contributed by atoms with E-state index in [-0.39, 0.29) is 0 Å². The maximum atomic E-state index is 9.86. The second-order valence-corrected chi connectivity index (χ2v) is 3.41. The lowest BCUT2D eigenvalue weighted by molar-refractivity contribution is 0.535. The lowest BCUT2D eigenvalue weighted by Crippen LogP contribution is -1.97. The van der Waals surface area contributed by atoms with Gasteiger partial charge in [0.2, 0.25) is 0 Å². The number of allylic oxidation sites excluding steroid dienone is 2. The Hall–Kier alpha value is -0.660. The van der Waals surface area contributed by atoms with Gasteiger partial charge < -0.3 is 0 Å². The SMILES string of the molecule is CCC=C(C)CC(C)CCN=O. The molecular weight excluding hydrogens is 150 g/mol. The third-order valence-corrected chi connectivity index (χ3v) is 1.94. The third kappa shape index (κ3) is 6.08. The van der Waals surface area contributed by atoms with Crippen molar-refractivity contribution in [1.29, 1.82) is 0 Å². The molecule has 70 valence electrons. The van der Waals surface area contributed by atoms with E-state index in [0.29, 0.717) is 12.5 Å². The van der Waals surface area contributed by atoms with E-state index in [1.54, 1.807) is 0 Å². The predicted molar refractivity (Wildman–Crippen MR) is 53.1 cm³/mol. The Balaban J connectivity index is 3.60. The lowest BCUT2D eigenvalue weighted by Gasteiger charge is -2.08. The molecule has 0 fully saturated rings. The molecule has 0 aliphatic carbocycles. The molecule has 0 aliphatic rings. The van der Waals surface area contributed by atoms with Gasteiger partial charge in [-0.1, -0.05) is 30.7 Å². The molecule has 0 spiro atoms. The van der Waals surface area contributed by atoms with Crippen LogP contribution in [0, 0.1) is 10.8 Å². The molecule has 0 saturated heterocycles. The van der Waals surface area contributed by atoms with E-state index in [1.165, 1.54) is 5.57 Å². The van der Waals surface area contributed by atoms with Crippen molar-refractivity contribution in [3.05, 3.63) is 16.6 Å². The molecule has 12 heavy (non-hydrogen) atoms. The summed E-state index contributed by atoms with van der Waals surface area (Å²) in [4.78, 5) is 9.86. The highest BCUT2D eigenvalue weighted by Crippen LogP contribution is 2.14. The van der Waals surface area contributed by atoms with Crippen molar-refractivity contribution in [2.24, 2.45) is 11.1 Å². The van der Waals surface area contributed by atoms with Gasteiger partial charge in [0, 0.05) is 0 Å². The highest BCUT2D eigenvalue weighted by molar-refractivity contribution is 4.98. The Morgan fingerprint density at radius 3 is 2.75 bits per heavy atom. The van der Waals surface area contributed by atoms with E-state index >= 15 is 0 Å². The third-order valence-electron chi connectivity index (χ3n) is 1.94. The minimum Gasteiger partial charge on any atom is -0.151 e. The average molecular weight is 169 g/mol. The first-order chi connectivity index (χ1) is 5.70. The summed E-state index contributed by atoms with van der Waals surface area (Å²) in [5.74, 6) is 0.588. The van der Waals surface area contributed by atoms with Crippen LogP contribution in [0.4, 0.5) is 0 Å².